The van der Waals surface area contributed by atoms with Crippen molar-refractivity contribution in [2.24, 2.45) is 0 Å². The van der Waals surface area contributed by atoms with Gasteiger partial charge in [0.15, 0.2) is 11.5 Å². The third-order valence-electron chi connectivity index (χ3n) is 6.93. The average Bonchev–Trinajstić information content (AvgIpc) is 3.31. The maximum Gasteiger partial charge on any atom is 0.307 e. The van der Waals surface area contributed by atoms with Gasteiger partial charge in [0.2, 0.25) is 0 Å². The van der Waals surface area contributed by atoms with Crippen molar-refractivity contribution in [3.05, 3.63) is 89.1 Å². The molecule has 0 unspecified atom stereocenters. The number of unbranched alkanes of at least 4 members (excludes halogenated alkanes) is 1. The van der Waals surface area contributed by atoms with Crippen LogP contribution in [-0.4, -0.2) is 47.0 Å². The third-order valence-corrected chi connectivity index (χ3v) is 6.93. The summed E-state index contributed by atoms with van der Waals surface area (Å²) in [6.07, 6.45) is 7.93. The second-order valence-corrected chi connectivity index (χ2v) is 10.1. The molecule has 1 aromatic heterocycles. The highest BCUT2D eigenvalue weighted by molar-refractivity contribution is 5.96. The number of rotatable bonds is 16. The molecule has 0 atom stereocenters. The van der Waals surface area contributed by atoms with E-state index < -0.39 is 11.9 Å². The molecule has 220 valence electrons. The van der Waals surface area contributed by atoms with Crippen LogP contribution in [-0.2, 0) is 22.6 Å². The average molecular weight is 572 g/mol. The molecule has 42 heavy (non-hydrogen) atoms. The maximum absolute atomic E-state index is 11.5. The van der Waals surface area contributed by atoms with Gasteiger partial charge in [0.05, 0.1) is 26.7 Å². The first-order valence-corrected chi connectivity index (χ1v) is 14.1. The van der Waals surface area contributed by atoms with Gasteiger partial charge in [0.25, 0.3) is 0 Å². The van der Waals surface area contributed by atoms with Crippen LogP contribution in [0.4, 0.5) is 0 Å². The number of carbonyl (C=O) groups is 2. The number of carboxylic acid groups (broad SMARTS) is 2. The quantitative estimate of drug-likeness (QED) is 0.112. The molecular formula is C34H37NO7. The van der Waals surface area contributed by atoms with Crippen molar-refractivity contribution in [1.82, 2.24) is 4.57 Å². The third kappa shape index (κ3) is 8.16. The van der Waals surface area contributed by atoms with Crippen LogP contribution in [0.15, 0.2) is 66.9 Å². The van der Waals surface area contributed by atoms with Crippen molar-refractivity contribution >= 4 is 35.0 Å². The van der Waals surface area contributed by atoms with E-state index in [4.69, 9.17) is 19.3 Å². The molecule has 0 radical (unpaired) electrons. The molecule has 0 saturated carbocycles. The van der Waals surface area contributed by atoms with Crippen LogP contribution in [0, 0.1) is 6.92 Å². The zero-order valence-electron chi connectivity index (χ0n) is 24.0. The molecule has 0 aliphatic rings. The van der Waals surface area contributed by atoms with Gasteiger partial charge in [-0.2, -0.15) is 0 Å². The monoisotopic (exact) mass is 571 g/mol. The highest BCUT2D eigenvalue weighted by atomic mass is 16.5. The Morgan fingerprint density at radius 3 is 2.31 bits per heavy atom. The van der Waals surface area contributed by atoms with Crippen molar-refractivity contribution in [3.63, 3.8) is 0 Å². The van der Waals surface area contributed by atoms with Gasteiger partial charge in [0.1, 0.15) is 5.75 Å². The molecule has 1 heterocycles. The van der Waals surface area contributed by atoms with Crippen molar-refractivity contribution in [1.29, 1.82) is 0 Å². The summed E-state index contributed by atoms with van der Waals surface area (Å²) in [6, 6.07) is 19.5. The van der Waals surface area contributed by atoms with E-state index in [9.17, 15) is 14.7 Å². The molecule has 2 N–H and O–H groups in total. The Balaban J connectivity index is 1.33. The van der Waals surface area contributed by atoms with E-state index in [0.29, 0.717) is 31.7 Å². The summed E-state index contributed by atoms with van der Waals surface area (Å²) in [4.78, 5) is 22.5. The van der Waals surface area contributed by atoms with E-state index in [1.54, 1.807) is 7.11 Å². The normalized spacial score (nSPS) is 11.2. The van der Waals surface area contributed by atoms with Crippen LogP contribution >= 0.6 is 0 Å². The van der Waals surface area contributed by atoms with Gasteiger partial charge >= 0.3 is 11.9 Å². The standard InChI is InChI=1S/C34H37NO7/c1-24-8-5-11-30(40-2)34(24)42-21-4-3-20-41-28-17-14-25(15-18-28)13-16-26-9-6-10-29-33(26)27(22-32(38)39)23-35(29)19-7-12-31(36)37/h5-6,8-11,13-18,23H,3-4,7,12,19-22H2,1-2H3,(H,36,37)(H,38,39). The van der Waals surface area contributed by atoms with Crippen molar-refractivity contribution in [2.45, 2.75) is 45.6 Å². The smallest absolute Gasteiger partial charge is 0.307 e. The van der Waals surface area contributed by atoms with Crippen LogP contribution in [0.5, 0.6) is 17.2 Å². The van der Waals surface area contributed by atoms with Crippen LogP contribution < -0.4 is 14.2 Å². The Morgan fingerprint density at radius 2 is 1.60 bits per heavy atom. The number of aliphatic carboxylic acids is 2. The minimum absolute atomic E-state index is 0.0608. The Bertz CT molecular complexity index is 1540. The number of nitrogens with zero attached hydrogens (tertiary/aromatic N) is 1. The molecule has 0 saturated heterocycles. The number of fused-ring (bicyclic) bond motifs is 1. The van der Waals surface area contributed by atoms with Gasteiger partial charge in [-0.05, 0) is 72.7 Å². The molecule has 8 heteroatoms. The SMILES string of the molecule is COc1cccc(C)c1OCCCCOc1ccc(C=Cc2cccc3c2c(CC(=O)O)cn3CCCC(=O)O)cc1. The molecule has 8 nitrogen and oxygen atoms in total. The summed E-state index contributed by atoms with van der Waals surface area (Å²) < 4.78 is 19.2. The first kappa shape index (κ1) is 30.2. The molecule has 0 amide bonds. The molecule has 4 aromatic rings. The van der Waals surface area contributed by atoms with E-state index in [1.807, 2.05) is 90.5 Å². The number of aryl methyl sites for hydroxylation is 2. The summed E-state index contributed by atoms with van der Waals surface area (Å²) in [7, 11) is 1.64. The Kier molecular flexibility index (Phi) is 10.6. The number of para-hydroxylation sites is 1. The molecule has 0 aliphatic heterocycles. The lowest BCUT2D eigenvalue weighted by Crippen LogP contribution is -2.04. The van der Waals surface area contributed by atoms with Crippen LogP contribution in [0.1, 0.15) is 47.9 Å². The minimum Gasteiger partial charge on any atom is -0.494 e. The molecule has 4 rings (SSSR count). The first-order chi connectivity index (χ1) is 20.4. The first-order valence-electron chi connectivity index (χ1n) is 14.1. The lowest BCUT2D eigenvalue weighted by atomic mass is 10.0. The number of ether oxygens (including phenoxy) is 3. The number of hydrogen-bond donors (Lipinski definition) is 2. The molecule has 0 bridgehead atoms. The zero-order valence-corrected chi connectivity index (χ0v) is 24.0. The highest BCUT2D eigenvalue weighted by Gasteiger charge is 2.14. The number of hydrogen-bond acceptors (Lipinski definition) is 5. The summed E-state index contributed by atoms with van der Waals surface area (Å²) in [5, 5.41) is 19.3. The molecule has 0 fully saturated rings. The largest absolute Gasteiger partial charge is 0.494 e. The van der Waals surface area contributed by atoms with Gasteiger partial charge in [0, 0.05) is 30.1 Å². The summed E-state index contributed by atoms with van der Waals surface area (Å²) in [5.74, 6) is 0.560. The van der Waals surface area contributed by atoms with E-state index in [-0.39, 0.29) is 12.8 Å². The highest BCUT2D eigenvalue weighted by Crippen LogP contribution is 2.31. The van der Waals surface area contributed by atoms with Crippen LogP contribution in [0.2, 0.25) is 0 Å². The van der Waals surface area contributed by atoms with Crippen molar-refractivity contribution in [3.8, 4) is 17.2 Å². The molecular weight excluding hydrogens is 534 g/mol. The number of methoxy groups -OCH3 is 1. The summed E-state index contributed by atoms with van der Waals surface area (Å²) in [6.45, 7) is 3.68. The topological polar surface area (TPSA) is 107 Å². The zero-order chi connectivity index (χ0) is 29.9. The van der Waals surface area contributed by atoms with Crippen LogP contribution in [0.3, 0.4) is 0 Å². The fourth-order valence-electron chi connectivity index (χ4n) is 4.89. The van der Waals surface area contributed by atoms with E-state index in [1.165, 1.54) is 0 Å². The summed E-state index contributed by atoms with van der Waals surface area (Å²) in [5.41, 5.74) is 4.54. The fraction of sp³-hybridized carbons (Fsp3) is 0.294. The van der Waals surface area contributed by atoms with Gasteiger partial charge in [-0.25, -0.2) is 0 Å². The van der Waals surface area contributed by atoms with Crippen molar-refractivity contribution in [2.75, 3.05) is 20.3 Å². The van der Waals surface area contributed by atoms with Crippen LogP contribution in [0.25, 0.3) is 23.1 Å². The predicted octanol–water partition coefficient (Wildman–Crippen LogP) is 6.86. The summed E-state index contributed by atoms with van der Waals surface area (Å²) >= 11 is 0. The van der Waals surface area contributed by atoms with E-state index >= 15 is 0 Å². The lowest BCUT2D eigenvalue weighted by Gasteiger charge is -2.13. The maximum atomic E-state index is 11.5. The van der Waals surface area contributed by atoms with E-state index in [0.717, 1.165) is 57.7 Å². The molecule has 3 aromatic carbocycles. The number of aromatic nitrogens is 1. The van der Waals surface area contributed by atoms with E-state index in [2.05, 4.69) is 0 Å². The second kappa shape index (κ2) is 14.8. The van der Waals surface area contributed by atoms with Crippen molar-refractivity contribution < 1.29 is 34.0 Å². The van der Waals surface area contributed by atoms with Gasteiger partial charge in [-0.15, -0.1) is 0 Å². The fourth-order valence-corrected chi connectivity index (χ4v) is 4.89. The minimum atomic E-state index is -0.909. The lowest BCUT2D eigenvalue weighted by molar-refractivity contribution is -0.137. The second-order valence-electron chi connectivity index (χ2n) is 10.1. The Labute approximate surface area is 245 Å². The molecule has 0 aliphatic carbocycles. The Hall–Kier alpha value is -4.72. The predicted molar refractivity (Wildman–Crippen MR) is 163 cm³/mol. The molecule has 0 spiro atoms. The van der Waals surface area contributed by atoms with Gasteiger partial charge in [-0.3, -0.25) is 9.59 Å². The van der Waals surface area contributed by atoms with Gasteiger partial charge in [-0.1, -0.05) is 48.6 Å². The number of carboxylic acids is 2. The number of benzene rings is 3. The van der Waals surface area contributed by atoms with Gasteiger partial charge < -0.3 is 29.0 Å². The Morgan fingerprint density at radius 1 is 0.857 bits per heavy atom.